The number of aromatic nitrogens is 2. The summed E-state index contributed by atoms with van der Waals surface area (Å²) in [5.74, 6) is -0.467. The quantitative estimate of drug-likeness (QED) is 0.304. The highest BCUT2D eigenvalue weighted by Gasteiger charge is 2.46. The largest absolute Gasteiger partial charge is 0.507 e. The van der Waals surface area contributed by atoms with Crippen molar-refractivity contribution in [3.8, 4) is 33.7 Å². The summed E-state index contributed by atoms with van der Waals surface area (Å²) >= 11 is 6.57. The second-order valence-electron chi connectivity index (χ2n) is 11.4. The van der Waals surface area contributed by atoms with E-state index in [1.807, 2.05) is 18.2 Å². The van der Waals surface area contributed by atoms with E-state index in [4.69, 9.17) is 11.6 Å². The summed E-state index contributed by atoms with van der Waals surface area (Å²) in [6.07, 6.45) is 6.88. The van der Waals surface area contributed by atoms with Crippen LogP contribution in [-0.2, 0) is 7.05 Å². The molecule has 3 heterocycles. The zero-order valence-electron chi connectivity index (χ0n) is 23.1. The summed E-state index contributed by atoms with van der Waals surface area (Å²) in [6.45, 7) is 7.66. The molecule has 0 amide bonds. The van der Waals surface area contributed by atoms with Gasteiger partial charge in [-0.3, -0.25) is 9.47 Å². The predicted octanol–water partition coefficient (Wildman–Crippen LogP) is 6.46. The summed E-state index contributed by atoms with van der Waals surface area (Å²) in [6, 6.07) is 16.3. The van der Waals surface area contributed by atoms with E-state index in [0.29, 0.717) is 33.4 Å². The molecule has 0 radical (unpaired) electrons. The van der Waals surface area contributed by atoms with E-state index in [1.165, 1.54) is 34.1 Å². The van der Waals surface area contributed by atoms with Crippen LogP contribution in [0.2, 0.25) is 5.02 Å². The number of halogens is 2. The highest BCUT2D eigenvalue weighted by molar-refractivity contribution is 6.32. The second-order valence-corrected chi connectivity index (χ2v) is 11.8. The summed E-state index contributed by atoms with van der Waals surface area (Å²) < 4.78 is 17.9. The fourth-order valence-corrected chi connectivity index (χ4v) is 6.98. The van der Waals surface area contributed by atoms with Gasteiger partial charge in [0.25, 0.3) is 0 Å². The van der Waals surface area contributed by atoms with Gasteiger partial charge in [-0.05, 0) is 87.2 Å². The molecule has 6 rings (SSSR count). The van der Waals surface area contributed by atoms with Crippen LogP contribution in [0.5, 0.6) is 5.75 Å². The number of nitrogens with zero attached hydrogens (tertiary/aromatic N) is 4. The van der Waals surface area contributed by atoms with Gasteiger partial charge in [-0.15, -0.1) is 0 Å². The van der Waals surface area contributed by atoms with Gasteiger partial charge in [0.2, 0.25) is 0 Å². The van der Waals surface area contributed by atoms with Crippen LogP contribution in [0.1, 0.15) is 33.1 Å². The van der Waals surface area contributed by atoms with Crippen LogP contribution >= 0.6 is 11.6 Å². The van der Waals surface area contributed by atoms with Crippen molar-refractivity contribution in [1.29, 1.82) is 0 Å². The van der Waals surface area contributed by atoms with Crippen molar-refractivity contribution in [3.63, 3.8) is 0 Å². The lowest BCUT2D eigenvalue weighted by Crippen LogP contribution is -2.49. The molecule has 2 aliphatic heterocycles. The zero-order valence-corrected chi connectivity index (χ0v) is 23.8. The maximum Gasteiger partial charge on any atom is 0.332 e. The molecule has 1 N–H and O–H groups in total. The first-order valence-corrected chi connectivity index (χ1v) is 14.2. The molecule has 0 aliphatic carbocycles. The summed E-state index contributed by atoms with van der Waals surface area (Å²) in [7, 11) is 1.67. The van der Waals surface area contributed by atoms with Crippen molar-refractivity contribution in [2.75, 3.05) is 24.5 Å². The van der Waals surface area contributed by atoms with E-state index in [9.17, 15) is 14.3 Å². The summed E-state index contributed by atoms with van der Waals surface area (Å²) in [5.41, 5.74) is 3.67. The Morgan fingerprint density at radius 1 is 0.975 bits per heavy atom. The minimum atomic E-state index is -0.452. The molecule has 40 heavy (non-hydrogen) atoms. The molecule has 0 bridgehead atoms. The average Bonchev–Trinajstić information content (AvgIpc) is 3.65. The highest BCUT2D eigenvalue weighted by Crippen LogP contribution is 2.43. The minimum Gasteiger partial charge on any atom is -0.507 e. The van der Waals surface area contributed by atoms with E-state index in [1.54, 1.807) is 37.6 Å². The Kier molecular flexibility index (Phi) is 6.75. The van der Waals surface area contributed by atoms with E-state index in [0.717, 1.165) is 37.3 Å². The van der Waals surface area contributed by atoms with Crippen LogP contribution in [0.4, 0.5) is 10.1 Å². The number of phenols is 1. The molecule has 2 aliphatic rings. The summed E-state index contributed by atoms with van der Waals surface area (Å²) in [4.78, 5) is 17.5. The van der Waals surface area contributed by atoms with Gasteiger partial charge in [0.15, 0.2) is 0 Å². The molecule has 1 aromatic heterocycles. The molecular formula is C32H34ClFN4O2. The number of likely N-dealkylation sites (tertiary alicyclic amines) is 1. The Labute approximate surface area is 238 Å². The third kappa shape index (κ3) is 4.51. The molecule has 6 nitrogen and oxygen atoms in total. The van der Waals surface area contributed by atoms with Crippen molar-refractivity contribution < 1.29 is 9.50 Å². The van der Waals surface area contributed by atoms with Crippen molar-refractivity contribution in [2.24, 2.45) is 7.05 Å². The fourth-order valence-electron chi connectivity index (χ4n) is 6.71. The van der Waals surface area contributed by atoms with Crippen LogP contribution in [-0.4, -0.2) is 50.4 Å². The van der Waals surface area contributed by atoms with Crippen molar-refractivity contribution in [3.05, 3.63) is 88.3 Å². The van der Waals surface area contributed by atoms with Crippen LogP contribution in [0.3, 0.4) is 0 Å². The molecule has 2 fully saturated rings. The third-order valence-corrected chi connectivity index (χ3v) is 8.97. The third-order valence-electron chi connectivity index (χ3n) is 8.67. The zero-order chi connectivity index (χ0) is 28.2. The van der Waals surface area contributed by atoms with Gasteiger partial charge in [0.1, 0.15) is 11.6 Å². The number of hydrogen-bond acceptors (Lipinski definition) is 4. The SMILES string of the molecule is CC(C)N1CCC[C@]12CCN(c1cccc(-c3cc(F)cc(-c4ccc(-n5ccn(C)c5=O)c(Cl)c4)c3O)c1)C2. The van der Waals surface area contributed by atoms with Gasteiger partial charge in [0.05, 0.1) is 10.7 Å². The van der Waals surface area contributed by atoms with Crippen LogP contribution in [0.15, 0.2) is 71.8 Å². The molecule has 208 valence electrons. The maximum absolute atomic E-state index is 15.0. The second kappa shape index (κ2) is 10.1. The molecule has 8 heteroatoms. The lowest BCUT2D eigenvalue weighted by atomic mass is 9.94. The standard InChI is InChI=1S/C32H34ClFN4O2/c1-21(2)38-12-5-10-32(38)11-13-36(20-32)25-7-4-6-22(16-25)26-18-24(34)19-27(30(26)39)23-8-9-29(28(33)17-23)37-15-14-35(3)31(37)40/h4,6-9,14-19,21,39H,5,10-13,20H2,1-3H3/t32-/m1/s1. The lowest BCUT2D eigenvalue weighted by Gasteiger charge is -2.38. The van der Waals surface area contributed by atoms with E-state index < -0.39 is 5.82 Å². The van der Waals surface area contributed by atoms with Gasteiger partial charge < -0.3 is 14.6 Å². The number of hydrogen-bond donors (Lipinski definition) is 1. The smallest absolute Gasteiger partial charge is 0.332 e. The number of phenolic OH excluding ortho intramolecular Hbond substituents is 1. The molecule has 2 saturated heterocycles. The van der Waals surface area contributed by atoms with Gasteiger partial charge in [0, 0.05) is 60.9 Å². The molecule has 4 aromatic rings. The van der Waals surface area contributed by atoms with E-state index in [-0.39, 0.29) is 17.0 Å². The number of aromatic hydroxyl groups is 1. The number of rotatable bonds is 5. The van der Waals surface area contributed by atoms with Crippen molar-refractivity contribution in [1.82, 2.24) is 14.0 Å². The number of aryl methyl sites for hydroxylation is 1. The highest BCUT2D eigenvalue weighted by atomic mass is 35.5. The van der Waals surface area contributed by atoms with Crippen LogP contribution in [0.25, 0.3) is 27.9 Å². The first-order valence-electron chi connectivity index (χ1n) is 13.9. The minimum absolute atomic E-state index is 0.0149. The Morgan fingerprint density at radius 3 is 2.40 bits per heavy atom. The Balaban J connectivity index is 1.33. The normalized spacial score (nSPS) is 19.4. The topological polar surface area (TPSA) is 53.6 Å². The molecule has 3 aromatic carbocycles. The first-order chi connectivity index (χ1) is 19.2. The Hall–Kier alpha value is -3.55. The van der Waals surface area contributed by atoms with Crippen LogP contribution < -0.4 is 10.6 Å². The average molecular weight is 561 g/mol. The summed E-state index contributed by atoms with van der Waals surface area (Å²) in [5, 5.41) is 11.7. The molecule has 1 atom stereocenters. The van der Waals surface area contributed by atoms with E-state index in [2.05, 4.69) is 29.7 Å². The van der Waals surface area contributed by atoms with Gasteiger partial charge >= 0.3 is 5.69 Å². The molecule has 1 spiro atoms. The molecule has 0 unspecified atom stereocenters. The Bertz CT molecular complexity index is 1640. The molecule has 0 saturated carbocycles. The molecular weight excluding hydrogens is 527 g/mol. The number of benzene rings is 3. The predicted molar refractivity (Wildman–Crippen MR) is 159 cm³/mol. The van der Waals surface area contributed by atoms with Crippen LogP contribution in [0, 0.1) is 5.82 Å². The maximum atomic E-state index is 15.0. The van der Waals surface area contributed by atoms with Crippen molar-refractivity contribution >= 4 is 17.3 Å². The van der Waals surface area contributed by atoms with Gasteiger partial charge in [-0.2, -0.15) is 0 Å². The Morgan fingerprint density at radius 2 is 1.73 bits per heavy atom. The van der Waals surface area contributed by atoms with Crippen molar-refractivity contribution in [2.45, 2.75) is 44.7 Å². The van der Waals surface area contributed by atoms with E-state index >= 15 is 0 Å². The lowest BCUT2D eigenvalue weighted by molar-refractivity contribution is 0.120. The van der Waals surface area contributed by atoms with Gasteiger partial charge in [-0.1, -0.05) is 29.8 Å². The number of anilines is 1. The monoisotopic (exact) mass is 560 g/mol. The fraction of sp³-hybridized carbons (Fsp3) is 0.344. The number of imidazole rings is 1. The van der Waals surface area contributed by atoms with Gasteiger partial charge in [-0.25, -0.2) is 9.18 Å². The first kappa shape index (κ1) is 26.7.